The molecule has 0 bridgehead atoms. The van der Waals surface area contributed by atoms with Crippen LogP contribution in [0.1, 0.15) is 11.3 Å². The lowest BCUT2D eigenvalue weighted by atomic mass is 10.0. The van der Waals surface area contributed by atoms with Crippen molar-refractivity contribution in [2.45, 2.75) is 0 Å². The quantitative estimate of drug-likeness (QED) is 0.257. The smallest absolute Gasteiger partial charge is 0.336 e. The van der Waals surface area contributed by atoms with E-state index in [1.807, 2.05) is 30.3 Å². The van der Waals surface area contributed by atoms with Crippen molar-refractivity contribution >= 4 is 64.0 Å². The van der Waals surface area contributed by atoms with E-state index in [4.69, 9.17) is 51.1 Å². The number of halogens is 4. The minimum atomic E-state index is -1.13. The number of hydrogen-bond acceptors (Lipinski definition) is 3. The molecule has 172 valence electrons. The molecule has 0 atom stereocenters. The van der Waals surface area contributed by atoms with E-state index in [1.165, 1.54) is 12.1 Å². The van der Waals surface area contributed by atoms with Gasteiger partial charge in [0.1, 0.15) is 5.75 Å². The Morgan fingerprint density at radius 1 is 0.882 bits per heavy atom. The fourth-order valence-electron chi connectivity index (χ4n) is 3.33. The van der Waals surface area contributed by atoms with Gasteiger partial charge in [-0.05, 0) is 66.2 Å². The van der Waals surface area contributed by atoms with E-state index >= 15 is 0 Å². The highest BCUT2D eigenvalue weighted by atomic mass is 35.5. The third-order valence-corrected chi connectivity index (χ3v) is 6.49. The summed E-state index contributed by atoms with van der Waals surface area (Å²) >= 11 is 24.4. The first-order chi connectivity index (χ1) is 16.3. The third-order valence-electron chi connectivity index (χ3n) is 5.01. The molecule has 1 N–H and O–H groups in total. The Balaban J connectivity index is 1.88. The van der Waals surface area contributed by atoms with Gasteiger partial charge in [0, 0.05) is 5.56 Å². The minimum Gasteiger partial charge on any atom is -0.497 e. The molecule has 4 rings (SSSR count). The number of ether oxygens (including phenoxy) is 1. The van der Waals surface area contributed by atoms with E-state index in [1.54, 1.807) is 42.1 Å². The number of hydrogen-bond donors (Lipinski definition) is 1. The van der Waals surface area contributed by atoms with Crippen LogP contribution in [0.2, 0.25) is 20.1 Å². The highest BCUT2D eigenvalue weighted by Gasteiger charge is 2.17. The maximum atomic E-state index is 12.1. The van der Waals surface area contributed by atoms with Crippen molar-refractivity contribution in [3.63, 3.8) is 0 Å². The lowest BCUT2D eigenvalue weighted by molar-refractivity contribution is -0.130. The standard InChI is InChI=1S/C25H16Cl4N2O3/c1-34-18-6-4-17(5-7-18)31-24(15-3-9-21(27)23(29)11-15)13-16(30-31)12-19(25(32)33)14-2-8-20(26)22(28)10-14/h2-13H,1H3,(H,32,33)/b19-12-. The Morgan fingerprint density at radius 3 is 2.12 bits per heavy atom. The molecule has 0 radical (unpaired) electrons. The second-order valence-corrected chi connectivity index (χ2v) is 8.81. The molecule has 1 heterocycles. The van der Waals surface area contributed by atoms with Crippen molar-refractivity contribution in [3.05, 3.63) is 98.1 Å². The third kappa shape index (κ3) is 5.08. The summed E-state index contributed by atoms with van der Waals surface area (Å²) in [4.78, 5) is 12.1. The van der Waals surface area contributed by atoms with Crippen LogP contribution in [0.4, 0.5) is 0 Å². The lowest BCUT2D eigenvalue weighted by Gasteiger charge is -2.09. The number of nitrogens with zero attached hydrogens (tertiary/aromatic N) is 2. The molecule has 34 heavy (non-hydrogen) atoms. The van der Waals surface area contributed by atoms with Gasteiger partial charge in [0.25, 0.3) is 0 Å². The number of aromatic nitrogens is 2. The summed E-state index contributed by atoms with van der Waals surface area (Å²) in [6, 6.07) is 19.0. The number of carbonyl (C=O) groups is 1. The first-order valence-electron chi connectivity index (χ1n) is 9.87. The van der Waals surface area contributed by atoms with Gasteiger partial charge < -0.3 is 9.84 Å². The molecule has 9 heteroatoms. The highest BCUT2D eigenvalue weighted by Crippen LogP contribution is 2.32. The summed E-state index contributed by atoms with van der Waals surface area (Å²) in [7, 11) is 1.59. The number of carboxylic acids is 1. The predicted molar refractivity (Wildman–Crippen MR) is 138 cm³/mol. The van der Waals surface area contributed by atoms with Gasteiger partial charge in [-0.1, -0.05) is 58.5 Å². The number of methoxy groups -OCH3 is 1. The maximum Gasteiger partial charge on any atom is 0.336 e. The van der Waals surface area contributed by atoms with Crippen molar-refractivity contribution in [2.24, 2.45) is 0 Å². The molecule has 0 amide bonds. The molecule has 0 unspecified atom stereocenters. The second kappa shape index (κ2) is 10.1. The van der Waals surface area contributed by atoms with E-state index in [0.29, 0.717) is 37.8 Å². The van der Waals surface area contributed by atoms with Gasteiger partial charge in [0.05, 0.1) is 49.8 Å². The van der Waals surface area contributed by atoms with Crippen molar-refractivity contribution < 1.29 is 14.6 Å². The van der Waals surface area contributed by atoms with Gasteiger partial charge >= 0.3 is 5.97 Å². The van der Waals surface area contributed by atoms with Crippen LogP contribution >= 0.6 is 46.4 Å². The monoisotopic (exact) mass is 532 g/mol. The largest absolute Gasteiger partial charge is 0.497 e. The Kier molecular flexibility index (Phi) is 7.19. The van der Waals surface area contributed by atoms with E-state index in [-0.39, 0.29) is 10.6 Å². The fourth-order valence-corrected chi connectivity index (χ4v) is 3.93. The normalized spacial score (nSPS) is 11.5. The van der Waals surface area contributed by atoms with Crippen molar-refractivity contribution in [3.8, 4) is 22.7 Å². The zero-order chi connectivity index (χ0) is 24.4. The summed E-state index contributed by atoms with van der Waals surface area (Å²) < 4.78 is 6.94. The Hall–Kier alpha value is -2.96. The van der Waals surface area contributed by atoms with Gasteiger partial charge in [-0.25, -0.2) is 9.48 Å². The topological polar surface area (TPSA) is 64.4 Å². The van der Waals surface area contributed by atoms with Crippen LogP contribution in [-0.2, 0) is 4.79 Å². The molecule has 0 saturated heterocycles. The minimum absolute atomic E-state index is 0.0126. The van der Waals surface area contributed by atoms with Crippen LogP contribution in [0, 0.1) is 0 Å². The zero-order valence-electron chi connectivity index (χ0n) is 17.6. The molecule has 0 saturated carbocycles. The van der Waals surface area contributed by atoms with Crippen LogP contribution in [0.15, 0.2) is 66.7 Å². The van der Waals surface area contributed by atoms with E-state index in [9.17, 15) is 9.90 Å². The van der Waals surface area contributed by atoms with E-state index in [2.05, 4.69) is 5.10 Å². The summed E-state index contributed by atoms with van der Waals surface area (Å²) in [6.45, 7) is 0. The molecule has 0 aliphatic carbocycles. The Labute approximate surface area is 215 Å². The first kappa shape index (κ1) is 24.2. The van der Waals surface area contributed by atoms with Crippen LogP contribution in [-0.4, -0.2) is 28.0 Å². The zero-order valence-corrected chi connectivity index (χ0v) is 20.6. The molecule has 4 aromatic rings. The molecule has 0 aliphatic heterocycles. The molecule has 5 nitrogen and oxygen atoms in total. The molecular weight excluding hydrogens is 518 g/mol. The highest BCUT2D eigenvalue weighted by molar-refractivity contribution is 6.42. The molecule has 0 aliphatic rings. The predicted octanol–water partition coefficient (Wildman–Crippen LogP) is 7.79. The van der Waals surface area contributed by atoms with Crippen LogP contribution in [0.5, 0.6) is 5.75 Å². The number of rotatable bonds is 6. The molecule has 0 spiro atoms. The molecule has 0 fully saturated rings. The van der Waals surface area contributed by atoms with Gasteiger partial charge in [0.15, 0.2) is 0 Å². The SMILES string of the molecule is COc1ccc(-n2nc(/C=C(\C(=O)O)c3ccc(Cl)c(Cl)c3)cc2-c2ccc(Cl)c(Cl)c2)cc1. The average Bonchev–Trinajstić information content (AvgIpc) is 3.25. The summed E-state index contributed by atoms with van der Waals surface area (Å²) in [5, 5.41) is 15.9. The summed E-state index contributed by atoms with van der Waals surface area (Å²) in [5.74, 6) is -0.437. The van der Waals surface area contributed by atoms with Crippen LogP contribution < -0.4 is 4.74 Å². The molecular formula is C25H16Cl4N2O3. The Morgan fingerprint density at radius 2 is 1.53 bits per heavy atom. The van der Waals surface area contributed by atoms with Gasteiger partial charge in [-0.3, -0.25) is 0 Å². The Bertz CT molecular complexity index is 1410. The van der Waals surface area contributed by atoms with Gasteiger partial charge in [-0.2, -0.15) is 5.10 Å². The van der Waals surface area contributed by atoms with Crippen LogP contribution in [0.3, 0.4) is 0 Å². The number of benzene rings is 3. The van der Waals surface area contributed by atoms with E-state index < -0.39 is 5.97 Å². The number of carboxylic acid groups (broad SMARTS) is 1. The van der Waals surface area contributed by atoms with Crippen molar-refractivity contribution in [1.82, 2.24) is 9.78 Å². The van der Waals surface area contributed by atoms with E-state index in [0.717, 1.165) is 11.3 Å². The van der Waals surface area contributed by atoms with Gasteiger partial charge in [0.2, 0.25) is 0 Å². The maximum absolute atomic E-state index is 12.1. The first-order valence-corrected chi connectivity index (χ1v) is 11.4. The van der Waals surface area contributed by atoms with Crippen LogP contribution in [0.25, 0.3) is 28.6 Å². The summed E-state index contributed by atoms with van der Waals surface area (Å²) in [6.07, 6.45) is 1.48. The fraction of sp³-hybridized carbons (Fsp3) is 0.0400. The number of aliphatic carboxylic acids is 1. The molecule has 3 aromatic carbocycles. The second-order valence-electron chi connectivity index (χ2n) is 7.19. The van der Waals surface area contributed by atoms with Crippen molar-refractivity contribution in [1.29, 1.82) is 0 Å². The van der Waals surface area contributed by atoms with Crippen molar-refractivity contribution in [2.75, 3.05) is 7.11 Å². The van der Waals surface area contributed by atoms with Gasteiger partial charge in [-0.15, -0.1) is 0 Å². The lowest BCUT2D eigenvalue weighted by Crippen LogP contribution is -2.01. The average molecular weight is 534 g/mol. The molecule has 1 aromatic heterocycles. The summed E-state index contributed by atoms with van der Waals surface area (Å²) in [5.41, 5.74) is 3.02.